The lowest BCUT2D eigenvalue weighted by molar-refractivity contribution is -0.127. The number of carbonyl (C=O) groups is 1. The van der Waals surface area contributed by atoms with Crippen LogP contribution in [0.25, 0.3) is 0 Å². The standard InChI is InChI=1S/C16H25NO3/c1-6-11(3)17-16(19)13(5)20-15-9-10(2)7-8-14(15)12(4)18/h7-9,11-13,18H,6H2,1-5H3,(H,17,19)/t11?,12-,13?/m1/s1. The molecule has 1 aromatic rings. The predicted molar refractivity (Wildman–Crippen MR) is 79.8 cm³/mol. The zero-order valence-corrected chi connectivity index (χ0v) is 12.9. The molecule has 0 aliphatic heterocycles. The molecule has 0 radical (unpaired) electrons. The van der Waals surface area contributed by atoms with Crippen LogP contribution in [0.2, 0.25) is 0 Å². The number of amides is 1. The molecule has 0 aromatic heterocycles. The van der Waals surface area contributed by atoms with E-state index in [-0.39, 0.29) is 11.9 Å². The monoisotopic (exact) mass is 279 g/mol. The smallest absolute Gasteiger partial charge is 0.260 e. The van der Waals surface area contributed by atoms with E-state index in [1.807, 2.05) is 39.0 Å². The first-order valence-electron chi connectivity index (χ1n) is 7.10. The molecule has 2 unspecified atom stereocenters. The van der Waals surface area contributed by atoms with E-state index in [0.29, 0.717) is 11.3 Å². The van der Waals surface area contributed by atoms with Gasteiger partial charge in [-0.25, -0.2) is 0 Å². The molecule has 3 atom stereocenters. The summed E-state index contributed by atoms with van der Waals surface area (Å²) in [5.74, 6) is 0.421. The second kappa shape index (κ2) is 7.29. The van der Waals surface area contributed by atoms with Crippen LogP contribution in [0.15, 0.2) is 18.2 Å². The number of hydrogen-bond acceptors (Lipinski definition) is 3. The van der Waals surface area contributed by atoms with Crippen molar-refractivity contribution < 1.29 is 14.6 Å². The number of ether oxygens (including phenoxy) is 1. The quantitative estimate of drug-likeness (QED) is 0.841. The Labute approximate surface area is 121 Å². The predicted octanol–water partition coefficient (Wildman–Crippen LogP) is 2.73. The second-order valence-corrected chi connectivity index (χ2v) is 5.30. The molecule has 4 nitrogen and oxygen atoms in total. The summed E-state index contributed by atoms with van der Waals surface area (Å²) in [6, 6.07) is 5.71. The van der Waals surface area contributed by atoms with Crippen LogP contribution in [0.4, 0.5) is 0 Å². The van der Waals surface area contributed by atoms with Gasteiger partial charge in [0.1, 0.15) is 5.75 Å². The third-order valence-corrected chi connectivity index (χ3v) is 3.29. The molecule has 0 bridgehead atoms. The van der Waals surface area contributed by atoms with Crippen molar-refractivity contribution in [1.29, 1.82) is 0 Å². The van der Waals surface area contributed by atoms with E-state index in [1.54, 1.807) is 13.8 Å². The van der Waals surface area contributed by atoms with Crippen molar-refractivity contribution in [3.63, 3.8) is 0 Å². The summed E-state index contributed by atoms with van der Waals surface area (Å²) in [6.07, 6.45) is -0.347. The topological polar surface area (TPSA) is 58.6 Å². The van der Waals surface area contributed by atoms with Gasteiger partial charge in [0.2, 0.25) is 0 Å². The fourth-order valence-electron chi connectivity index (χ4n) is 1.80. The number of hydrogen-bond donors (Lipinski definition) is 2. The van der Waals surface area contributed by atoms with Crippen LogP contribution < -0.4 is 10.1 Å². The summed E-state index contributed by atoms with van der Waals surface area (Å²) in [7, 11) is 0. The number of rotatable bonds is 6. The zero-order chi connectivity index (χ0) is 15.3. The number of aliphatic hydroxyl groups is 1. The van der Waals surface area contributed by atoms with Gasteiger partial charge in [0.15, 0.2) is 6.10 Å². The highest BCUT2D eigenvalue weighted by atomic mass is 16.5. The van der Waals surface area contributed by atoms with Crippen LogP contribution in [0.3, 0.4) is 0 Å². The number of carbonyl (C=O) groups excluding carboxylic acids is 1. The van der Waals surface area contributed by atoms with Crippen LogP contribution in [0.5, 0.6) is 5.75 Å². The Kier molecular flexibility index (Phi) is 6.02. The number of benzene rings is 1. The molecule has 1 rings (SSSR count). The van der Waals surface area contributed by atoms with Crippen molar-refractivity contribution >= 4 is 5.91 Å². The molecule has 0 heterocycles. The SMILES string of the molecule is CCC(C)NC(=O)C(C)Oc1cc(C)ccc1[C@@H](C)O. The first-order valence-corrected chi connectivity index (χ1v) is 7.10. The van der Waals surface area contributed by atoms with Gasteiger partial charge in [-0.05, 0) is 45.7 Å². The Morgan fingerprint density at radius 3 is 2.55 bits per heavy atom. The van der Waals surface area contributed by atoms with E-state index in [0.717, 1.165) is 12.0 Å². The molecule has 2 N–H and O–H groups in total. The maximum atomic E-state index is 12.0. The van der Waals surface area contributed by atoms with Gasteiger partial charge < -0.3 is 15.2 Å². The summed E-state index contributed by atoms with van der Waals surface area (Å²) in [5.41, 5.74) is 1.72. The molecule has 0 saturated carbocycles. The first kappa shape index (κ1) is 16.5. The molecule has 0 spiro atoms. The molecular formula is C16H25NO3. The molecule has 1 aromatic carbocycles. The third-order valence-electron chi connectivity index (χ3n) is 3.29. The normalized spacial score (nSPS) is 15.3. The third kappa shape index (κ3) is 4.53. The maximum Gasteiger partial charge on any atom is 0.260 e. The molecule has 0 aliphatic rings. The highest BCUT2D eigenvalue weighted by molar-refractivity contribution is 5.81. The molecule has 20 heavy (non-hydrogen) atoms. The van der Waals surface area contributed by atoms with Crippen LogP contribution in [-0.4, -0.2) is 23.2 Å². The number of nitrogens with one attached hydrogen (secondary N) is 1. The van der Waals surface area contributed by atoms with Gasteiger partial charge in [-0.15, -0.1) is 0 Å². The number of aliphatic hydroxyl groups excluding tert-OH is 1. The summed E-state index contributed by atoms with van der Waals surface area (Å²) in [4.78, 5) is 12.0. The Morgan fingerprint density at radius 2 is 2.00 bits per heavy atom. The molecule has 0 aliphatic carbocycles. The minimum Gasteiger partial charge on any atom is -0.481 e. The summed E-state index contributed by atoms with van der Waals surface area (Å²) >= 11 is 0. The van der Waals surface area contributed by atoms with Gasteiger partial charge >= 0.3 is 0 Å². The Hall–Kier alpha value is -1.55. The van der Waals surface area contributed by atoms with E-state index in [9.17, 15) is 9.90 Å². The molecule has 1 amide bonds. The maximum absolute atomic E-state index is 12.0. The van der Waals surface area contributed by atoms with Gasteiger partial charge in [-0.1, -0.05) is 19.1 Å². The minimum atomic E-state index is -0.629. The van der Waals surface area contributed by atoms with E-state index < -0.39 is 12.2 Å². The van der Waals surface area contributed by atoms with Crippen LogP contribution in [0, 0.1) is 6.92 Å². The first-order chi connectivity index (χ1) is 9.35. The Balaban J connectivity index is 2.81. The minimum absolute atomic E-state index is 0.127. The summed E-state index contributed by atoms with van der Waals surface area (Å²) < 4.78 is 5.72. The molecule has 0 fully saturated rings. The van der Waals surface area contributed by atoms with Crippen molar-refractivity contribution in [3.05, 3.63) is 29.3 Å². The van der Waals surface area contributed by atoms with Crippen molar-refractivity contribution in [3.8, 4) is 5.75 Å². The average molecular weight is 279 g/mol. The van der Waals surface area contributed by atoms with Crippen LogP contribution in [-0.2, 0) is 4.79 Å². The largest absolute Gasteiger partial charge is 0.481 e. The van der Waals surface area contributed by atoms with Crippen LogP contribution in [0.1, 0.15) is 51.3 Å². The van der Waals surface area contributed by atoms with E-state index in [1.165, 1.54) is 0 Å². The summed E-state index contributed by atoms with van der Waals surface area (Å²) in [6.45, 7) is 9.32. The molecule has 112 valence electrons. The van der Waals surface area contributed by atoms with Crippen molar-refractivity contribution in [1.82, 2.24) is 5.32 Å². The average Bonchev–Trinajstić information content (AvgIpc) is 2.38. The fourth-order valence-corrected chi connectivity index (χ4v) is 1.80. The van der Waals surface area contributed by atoms with E-state index >= 15 is 0 Å². The molecule has 4 heteroatoms. The lowest BCUT2D eigenvalue weighted by Gasteiger charge is -2.20. The second-order valence-electron chi connectivity index (χ2n) is 5.30. The molecular weight excluding hydrogens is 254 g/mol. The van der Waals surface area contributed by atoms with Crippen molar-refractivity contribution in [2.75, 3.05) is 0 Å². The fraction of sp³-hybridized carbons (Fsp3) is 0.562. The lowest BCUT2D eigenvalue weighted by Crippen LogP contribution is -2.41. The van der Waals surface area contributed by atoms with E-state index in [2.05, 4.69) is 5.32 Å². The Bertz CT molecular complexity index is 457. The van der Waals surface area contributed by atoms with Gasteiger partial charge in [0.05, 0.1) is 6.10 Å². The van der Waals surface area contributed by atoms with Crippen molar-refractivity contribution in [2.24, 2.45) is 0 Å². The van der Waals surface area contributed by atoms with E-state index in [4.69, 9.17) is 4.74 Å². The van der Waals surface area contributed by atoms with Gasteiger partial charge in [0.25, 0.3) is 5.91 Å². The number of aryl methyl sites for hydroxylation is 1. The molecule has 0 saturated heterocycles. The van der Waals surface area contributed by atoms with Crippen molar-refractivity contribution in [2.45, 2.75) is 59.3 Å². The van der Waals surface area contributed by atoms with Gasteiger partial charge in [-0.2, -0.15) is 0 Å². The van der Waals surface area contributed by atoms with Crippen LogP contribution >= 0.6 is 0 Å². The highest BCUT2D eigenvalue weighted by Crippen LogP contribution is 2.27. The lowest BCUT2D eigenvalue weighted by atomic mass is 10.1. The summed E-state index contributed by atoms with van der Waals surface area (Å²) in [5, 5.41) is 12.6. The Morgan fingerprint density at radius 1 is 1.35 bits per heavy atom. The van der Waals surface area contributed by atoms with Gasteiger partial charge in [0, 0.05) is 11.6 Å². The van der Waals surface area contributed by atoms with Gasteiger partial charge in [-0.3, -0.25) is 4.79 Å². The zero-order valence-electron chi connectivity index (χ0n) is 12.9. The highest BCUT2D eigenvalue weighted by Gasteiger charge is 2.19.